The van der Waals surface area contributed by atoms with Gasteiger partial charge in [0, 0.05) is 24.0 Å². The molecule has 5 nitrogen and oxygen atoms in total. The monoisotopic (exact) mass is 401 g/mol. The molecule has 2 saturated carbocycles. The molecule has 5 rings (SSSR count). The quantitative estimate of drug-likeness (QED) is 0.361. The predicted molar refractivity (Wildman–Crippen MR) is 112 cm³/mol. The third-order valence-electron chi connectivity index (χ3n) is 7.84. The number of hydrogen-bond donors (Lipinski definition) is 0. The smallest absolute Gasteiger partial charge is 0.385 e. The summed E-state index contributed by atoms with van der Waals surface area (Å²) in [7, 11) is 0. The normalized spacial score (nSPS) is 29.3. The molecule has 3 aliphatic carbocycles. The van der Waals surface area contributed by atoms with Crippen molar-refractivity contribution in [2.45, 2.75) is 51.4 Å². The second-order valence-electron chi connectivity index (χ2n) is 9.23. The Hall–Kier alpha value is -3.00. The van der Waals surface area contributed by atoms with Gasteiger partial charge in [-0.2, -0.15) is 0 Å². The Morgan fingerprint density at radius 1 is 1.10 bits per heavy atom. The first-order valence-electron chi connectivity index (χ1n) is 10.8. The van der Waals surface area contributed by atoms with Crippen molar-refractivity contribution in [1.29, 1.82) is 5.39 Å². The minimum Gasteiger partial charge on any atom is -0.423 e. The minimum atomic E-state index is -0.425. The lowest BCUT2D eigenvalue weighted by atomic mass is 9.55. The van der Waals surface area contributed by atoms with Crippen LogP contribution >= 0.6 is 0 Å². The number of hydrogen-bond acceptors (Lipinski definition) is 4. The summed E-state index contributed by atoms with van der Waals surface area (Å²) in [5.74, 6) is 2.22. The van der Waals surface area contributed by atoms with E-state index in [9.17, 15) is 9.59 Å². The summed E-state index contributed by atoms with van der Waals surface area (Å²) < 4.78 is 5.60. The highest BCUT2D eigenvalue weighted by Crippen LogP contribution is 2.59. The zero-order chi connectivity index (χ0) is 20.9. The lowest BCUT2D eigenvalue weighted by molar-refractivity contribution is -0.129. The first kappa shape index (κ1) is 19.0. The van der Waals surface area contributed by atoms with Crippen molar-refractivity contribution < 1.29 is 14.3 Å². The summed E-state index contributed by atoms with van der Waals surface area (Å²) in [6.07, 6.45) is 5.93. The number of benzene rings is 2. The van der Waals surface area contributed by atoms with Crippen molar-refractivity contribution >= 4 is 17.4 Å². The van der Waals surface area contributed by atoms with E-state index in [0.717, 1.165) is 38.5 Å². The van der Waals surface area contributed by atoms with Crippen LogP contribution in [0.5, 0.6) is 5.75 Å². The lowest BCUT2D eigenvalue weighted by Crippen LogP contribution is -2.42. The Balaban J connectivity index is 1.35. The third-order valence-corrected chi connectivity index (χ3v) is 7.84. The molecule has 0 aliphatic heterocycles. The standard InChI is InChI=1S/C25H25N2O3/c1-25-13-12-20-19-9-7-18(30-24(29)15-2-5-17(27-26)6-3-15)14-16(19)4-8-21(20)22(25)10-11-23(25)28/h2-3,5-7,9,14,20-22H,4,8,10-13H2,1H3/q+1/t20-,21-,22+,25+/m1/s1. The van der Waals surface area contributed by atoms with Gasteiger partial charge in [-0.05, 0) is 85.3 Å². The predicted octanol–water partition coefficient (Wildman–Crippen LogP) is 5.82. The van der Waals surface area contributed by atoms with E-state index in [0.29, 0.717) is 40.5 Å². The van der Waals surface area contributed by atoms with Crippen molar-refractivity contribution in [3.8, 4) is 5.75 Å². The van der Waals surface area contributed by atoms with Gasteiger partial charge in [-0.25, -0.2) is 4.79 Å². The molecule has 0 saturated heterocycles. The van der Waals surface area contributed by atoms with Gasteiger partial charge in [-0.15, -0.1) is 0 Å². The first-order chi connectivity index (χ1) is 14.5. The van der Waals surface area contributed by atoms with E-state index in [1.54, 1.807) is 24.3 Å². The fraction of sp³-hybridized carbons (Fsp3) is 0.440. The average Bonchev–Trinajstić information content (AvgIpc) is 3.08. The molecule has 2 fully saturated rings. The third kappa shape index (κ3) is 2.94. The van der Waals surface area contributed by atoms with Crippen LogP contribution in [0.1, 0.15) is 66.4 Å². The summed E-state index contributed by atoms with van der Waals surface area (Å²) in [6.45, 7) is 2.20. The van der Waals surface area contributed by atoms with Crippen LogP contribution in [0.25, 0.3) is 4.98 Å². The Kier molecular flexibility index (Phi) is 4.47. The number of nitrogens with zero attached hydrogens (tertiary/aromatic N) is 2. The van der Waals surface area contributed by atoms with Crippen molar-refractivity contribution in [3.05, 3.63) is 64.1 Å². The van der Waals surface area contributed by atoms with Crippen molar-refractivity contribution in [2.24, 2.45) is 17.3 Å². The van der Waals surface area contributed by atoms with Gasteiger partial charge in [0.05, 0.1) is 5.56 Å². The molecule has 30 heavy (non-hydrogen) atoms. The van der Waals surface area contributed by atoms with Gasteiger partial charge in [0.25, 0.3) is 0 Å². The number of carbonyl (C=O) groups excluding carboxylic acids is 2. The summed E-state index contributed by atoms with van der Waals surface area (Å²) in [4.78, 5) is 28.0. The molecular weight excluding hydrogens is 376 g/mol. The van der Waals surface area contributed by atoms with E-state index in [1.165, 1.54) is 11.1 Å². The van der Waals surface area contributed by atoms with E-state index in [1.807, 2.05) is 12.1 Å². The molecule has 0 radical (unpaired) electrons. The summed E-state index contributed by atoms with van der Waals surface area (Å²) in [5.41, 5.74) is 3.35. The van der Waals surface area contributed by atoms with Crippen molar-refractivity contribution in [2.75, 3.05) is 0 Å². The Labute approximate surface area is 176 Å². The number of ether oxygens (including phenoxy) is 1. The zero-order valence-corrected chi connectivity index (χ0v) is 17.1. The van der Waals surface area contributed by atoms with Gasteiger partial charge in [0.15, 0.2) is 4.98 Å². The van der Waals surface area contributed by atoms with Crippen LogP contribution < -0.4 is 4.74 Å². The summed E-state index contributed by atoms with van der Waals surface area (Å²) in [6, 6.07) is 12.3. The number of carbonyl (C=O) groups is 2. The fourth-order valence-corrected chi connectivity index (χ4v) is 6.22. The number of diazo groups is 1. The number of Topliss-reactive ketones (excluding diaryl/α,β-unsaturated/α-hetero) is 1. The minimum absolute atomic E-state index is 0.104. The molecule has 0 spiro atoms. The van der Waals surface area contributed by atoms with Crippen LogP contribution in [0.15, 0.2) is 42.5 Å². The summed E-state index contributed by atoms with van der Waals surface area (Å²) >= 11 is 0. The van der Waals surface area contributed by atoms with Crippen LogP contribution in [-0.4, -0.2) is 11.8 Å². The lowest BCUT2D eigenvalue weighted by Gasteiger charge is -2.48. The first-order valence-corrected chi connectivity index (χ1v) is 10.8. The van der Waals surface area contributed by atoms with Crippen LogP contribution in [0.2, 0.25) is 0 Å². The van der Waals surface area contributed by atoms with Crippen LogP contribution in [0, 0.1) is 22.6 Å². The van der Waals surface area contributed by atoms with E-state index in [2.05, 4.69) is 18.0 Å². The summed E-state index contributed by atoms with van der Waals surface area (Å²) in [5, 5.41) is 8.77. The van der Waals surface area contributed by atoms with E-state index < -0.39 is 5.97 Å². The Morgan fingerprint density at radius 2 is 1.90 bits per heavy atom. The molecule has 5 heteroatoms. The zero-order valence-electron chi connectivity index (χ0n) is 17.1. The molecule has 0 unspecified atom stereocenters. The molecule has 152 valence electrons. The molecular formula is C25H25N2O3+. The number of aryl methyl sites for hydroxylation is 1. The second kappa shape index (κ2) is 7.05. The number of esters is 1. The molecule has 0 amide bonds. The molecule has 0 heterocycles. The topological polar surface area (TPSA) is 71.5 Å². The number of fused-ring (bicyclic) bond motifs is 5. The maximum atomic E-state index is 12.5. The largest absolute Gasteiger partial charge is 0.423 e. The Bertz CT molecular complexity index is 1070. The van der Waals surface area contributed by atoms with Crippen molar-refractivity contribution in [1.82, 2.24) is 0 Å². The average molecular weight is 401 g/mol. The SMILES string of the molecule is C[C@]12CC[C@@H]3c4ccc(OC(=O)c5ccc([N+]#N)cc5)cc4CC[C@H]3[C@@H]1CCC2=O. The molecule has 0 N–H and O–H groups in total. The fourth-order valence-electron chi connectivity index (χ4n) is 6.22. The van der Waals surface area contributed by atoms with Gasteiger partial charge in [0.1, 0.15) is 11.5 Å². The van der Waals surface area contributed by atoms with Crippen molar-refractivity contribution in [3.63, 3.8) is 0 Å². The molecule has 3 aliphatic rings. The Morgan fingerprint density at radius 3 is 2.67 bits per heavy atom. The van der Waals surface area contributed by atoms with Gasteiger partial charge in [-0.1, -0.05) is 13.0 Å². The van der Waals surface area contributed by atoms with Crippen LogP contribution in [0.3, 0.4) is 0 Å². The van der Waals surface area contributed by atoms with Gasteiger partial charge < -0.3 is 4.74 Å². The second-order valence-corrected chi connectivity index (χ2v) is 9.23. The molecule has 0 bridgehead atoms. The molecule has 2 aromatic rings. The van der Waals surface area contributed by atoms with Gasteiger partial charge in [0.2, 0.25) is 5.39 Å². The molecule has 2 aromatic carbocycles. The highest BCUT2D eigenvalue weighted by molar-refractivity contribution is 5.91. The van der Waals surface area contributed by atoms with E-state index >= 15 is 0 Å². The number of rotatable bonds is 2. The van der Waals surface area contributed by atoms with E-state index in [-0.39, 0.29) is 5.41 Å². The highest BCUT2D eigenvalue weighted by Gasteiger charge is 2.54. The highest BCUT2D eigenvalue weighted by atomic mass is 16.5. The molecule has 4 atom stereocenters. The van der Waals surface area contributed by atoms with Gasteiger partial charge >= 0.3 is 11.7 Å². The van der Waals surface area contributed by atoms with E-state index in [4.69, 9.17) is 10.1 Å². The number of ketones is 1. The van der Waals surface area contributed by atoms with Crippen LogP contribution in [-0.2, 0) is 11.2 Å². The maximum Gasteiger partial charge on any atom is 0.385 e. The maximum absolute atomic E-state index is 12.5. The van der Waals surface area contributed by atoms with Gasteiger partial charge in [-0.3, -0.25) is 4.79 Å². The van der Waals surface area contributed by atoms with Crippen LogP contribution in [0.4, 0.5) is 5.69 Å². The molecule has 0 aromatic heterocycles.